The Kier molecular flexibility index (Phi) is 2.92. The van der Waals surface area contributed by atoms with E-state index in [1.807, 2.05) is 7.11 Å². The smallest absolute Gasteiger partial charge is 0.231 e. The lowest BCUT2D eigenvalue weighted by molar-refractivity contribution is -0.0383. The zero-order chi connectivity index (χ0) is 16.6. The molecule has 1 N–H and O–H groups in total. The number of benzene rings is 1. The molecule has 1 aliphatic carbocycles. The van der Waals surface area contributed by atoms with Gasteiger partial charge < -0.3 is 19.5 Å². The molecular formula is C20H24N2O3. The van der Waals surface area contributed by atoms with Gasteiger partial charge in [-0.1, -0.05) is 12.2 Å². The van der Waals surface area contributed by atoms with Gasteiger partial charge in [-0.25, -0.2) is 0 Å². The summed E-state index contributed by atoms with van der Waals surface area (Å²) < 4.78 is 17.3. The van der Waals surface area contributed by atoms with E-state index in [-0.39, 0.29) is 5.41 Å². The molecule has 132 valence electrons. The zero-order valence-electron chi connectivity index (χ0n) is 14.5. The molecule has 2 bridgehead atoms. The minimum Gasteiger partial charge on any atom is -0.454 e. The highest BCUT2D eigenvalue weighted by Gasteiger charge is 2.62. The van der Waals surface area contributed by atoms with Gasteiger partial charge in [-0.3, -0.25) is 4.90 Å². The molecule has 0 amide bonds. The van der Waals surface area contributed by atoms with E-state index in [2.05, 4.69) is 34.5 Å². The molecule has 1 saturated heterocycles. The molecular weight excluding hydrogens is 316 g/mol. The molecule has 5 aliphatic rings. The summed E-state index contributed by atoms with van der Waals surface area (Å²) in [5, 5.41) is 3.85. The topological polar surface area (TPSA) is 43.0 Å². The Bertz CT molecular complexity index is 764. The lowest BCUT2D eigenvalue weighted by Crippen LogP contribution is -2.67. The largest absolute Gasteiger partial charge is 0.454 e. The second-order valence-electron chi connectivity index (χ2n) is 8.04. The summed E-state index contributed by atoms with van der Waals surface area (Å²) in [6.45, 7) is 3.47. The standard InChI is InChI=1S/C20H24N2O3/c1-23-15-9-18-20(19-13(15)3-2-5-21-19)4-6-22(18)10-12-7-16-17(8-14(12)20)25-11-24-16/h2-3,7-8,13,15,18-19,21H,4-6,9-11H2,1H3/t13-,15+,18-,19-,20+/m0/s1. The molecule has 5 heteroatoms. The number of hydrogen-bond donors (Lipinski definition) is 1. The van der Waals surface area contributed by atoms with Crippen LogP contribution in [0.4, 0.5) is 0 Å². The highest BCUT2D eigenvalue weighted by atomic mass is 16.7. The van der Waals surface area contributed by atoms with E-state index in [0.717, 1.165) is 37.6 Å². The number of nitrogens with zero attached hydrogens (tertiary/aromatic N) is 1. The summed E-state index contributed by atoms with van der Waals surface area (Å²) >= 11 is 0. The Morgan fingerprint density at radius 2 is 2.16 bits per heavy atom. The van der Waals surface area contributed by atoms with Crippen LogP contribution in [-0.4, -0.2) is 50.1 Å². The molecule has 4 heterocycles. The number of hydrogen-bond acceptors (Lipinski definition) is 5. The van der Waals surface area contributed by atoms with Gasteiger partial charge in [-0.2, -0.15) is 0 Å². The van der Waals surface area contributed by atoms with Crippen molar-refractivity contribution in [2.24, 2.45) is 5.92 Å². The van der Waals surface area contributed by atoms with Crippen molar-refractivity contribution >= 4 is 0 Å². The zero-order valence-corrected chi connectivity index (χ0v) is 14.5. The van der Waals surface area contributed by atoms with Crippen LogP contribution in [0.15, 0.2) is 24.3 Å². The predicted molar refractivity (Wildman–Crippen MR) is 92.9 cm³/mol. The number of nitrogens with one attached hydrogen (secondary N) is 1. The lowest BCUT2D eigenvalue weighted by Gasteiger charge is -2.57. The van der Waals surface area contributed by atoms with Crippen molar-refractivity contribution in [2.75, 3.05) is 27.0 Å². The normalized spacial score (nSPS) is 42.7. The third-order valence-electron chi connectivity index (χ3n) is 7.26. The van der Waals surface area contributed by atoms with Crippen LogP contribution in [0.25, 0.3) is 0 Å². The number of methoxy groups -OCH3 is 1. The first-order valence-corrected chi connectivity index (χ1v) is 9.41. The van der Waals surface area contributed by atoms with E-state index in [0.29, 0.717) is 30.9 Å². The number of fused-ring (bicyclic) bond motifs is 3. The van der Waals surface area contributed by atoms with Gasteiger partial charge in [-0.05, 0) is 42.6 Å². The van der Waals surface area contributed by atoms with Gasteiger partial charge in [0.25, 0.3) is 0 Å². The van der Waals surface area contributed by atoms with Crippen molar-refractivity contribution in [3.63, 3.8) is 0 Å². The summed E-state index contributed by atoms with van der Waals surface area (Å²) in [5.41, 5.74) is 3.06. The van der Waals surface area contributed by atoms with Gasteiger partial charge in [-0.15, -0.1) is 0 Å². The maximum atomic E-state index is 5.93. The molecule has 1 aromatic rings. The molecule has 1 unspecified atom stereocenters. The Hall–Kier alpha value is -1.56. The third kappa shape index (κ3) is 1.74. The lowest BCUT2D eigenvalue weighted by atomic mass is 9.56. The van der Waals surface area contributed by atoms with E-state index in [1.165, 1.54) is 17.5 Å². The van der Waals surface area contributed by atoms with Crippen molar-refractivity contribution in [2.45, 2.75) is 43.0 Å². The van der Waals surface area contributed by atoms with Gasteiger partial charge in [0.05, 0.1) is 6.10 Å². The summed E-state index contributed by atoms with van der Waals surface area (Å²) in [6.07, 6.45) is 7.27. The molecule has 1 saturated carbocycles. The van der Waals surface area contributed by atoms with Gasteiger partial charge in [0.1, 0.15) is 0 Å². The minimum absolute atomic E-state index is 0.152. The Balaban J connectivity index is 1.55. The Morgan fingerprint density at radius 3 is 3.04 bits per heavy atom. The highest BCUT2D eigenvalue weighted by Crippen LogP contribution is 2.57. The van der Waals surface area contributed by atoms with Gasteiger partial charge >= 0.3 is 0 Å². The molecule has 2 fully saturated rings. The molecule has 1 aromatic carbocycles. The first kappa shape index (κ1) is 14.6. The average molecular weight is 340 g/mol. The fourth-order valence-corrected chi connectivity index (χ4v) is 6.30. The SMILES string of the molecule is CO[C@@H]1C[C@@H]2N3CC[C@]2(c2cc4c(cc2C3)OCO4)[C@H]2NCC=C[C@@H]12. The van der Waals surface area contributed by atoms with E-state index in [4.69, 9.17) is 14.2 Å². The van der Waals surface area contributed by atoms with E-state index in [9.17, 15) is 0 Å². The van der Waals surface area contributed by atoms with Crippen LogP contribution in [0.3, 0.4) is 0 Å². The van der Waals surface area contributed by atoms with E-state index in [1.54, 1.807) is 0 Å². The summed E-state index contributed by atoms with van der Waals surface area (Å²) in [5.74, 6) is 2.27. The van der Waals surface area contributed by atoms with Gasteiger partial charge in [0, 0.05) is 43.6 Å². The van der Waals surface area contributed by atoms with Crippen LogP contribution in [0.5, 0.6) is 11.5 Å². The monoisotopic (exact) mass is 340 g/mol. The fraction of sp³-hybridized carbons (Fsp3) is 0.600. The highest BCUT2D eigenvalue weighted by molar-refractivity contribution is 5.55. The molecule has 25 heavy (non-hydrogen) atoms. The second kappa shape index (κ2) is 5.00. The first-order chi connectivity index (χ1) is 12.3. The molecule has 0 aromatic heterocycles. The van der Waals surface area contributed by atoms with Gasteiger partial charge in [0.15, 0.2) is 11.5 Å². The average Bonchev–Trinajstić information content (AvgIpc) is 3.21. The number of rotatable bonds is 1. The van der Waals surface area contributed by atoms with Crippen molar-refractivity contribution in [3.8, 4) is 11.5 Å². The molecule has 0 spiro atoms. The quantitative estimate of drug-likeness (QED) is 0.790. The molecule has 6 rings (SSSR count). The van der Waals surface area contributed by atoms with Crippen LogP contribution < -0.4 is 14.8 Å². The van der Waals surface area contributed by atoms with Crippen molar-refractivity contribution in [1.29, 1.82) is 0 Å². The van der Waals surface area contributed by atoms with Crippen LogP contribution in [-0.2, 0) is 16.7 Å². The van der Waals surface area contributed by atoms with E-state index < -0.39 is 0 Å². The molecule has 6 atom stereocenters. The van der Waals surface area contributed by atoms with Gasteiger partial charge in [0.2, 0.25) is 6.79 Å². The van der Waals surface area contributed by atoms with Crippen LogP contribution in [0.2, 0.25) is 0 Å². The van der Waals surface area contributed by atoms with Crippen LogP contribution in [0.1, 0.15) is 24.0 Å². The number of ether oxygens (including phenoxy) is 3. The van der Waals surface area contributed by atoms with Crippen LogP contribution in [0, 0.1) is 5.92 Å². The van der Waals surface area contributed by atoms with Crippen LogP contribution >= 0.6 is 0 Å². The maximum absolute atomic E-state index is 5.93. The second-order valence-corrected chi connectivity index (χ2v) is 8.04. The van der Waals surface area contributed by atoms with E-state index >= 15 is 0 Å². The molecule has 4 aliphatic heterocycles. The summed E-state index contributed by atoms with van der Waals surface area (Å²) in [6, 6.07) is 5.48. The molecule has 0 radical (unpaired) electrons. The van der Waals surface area contributed by atoms with Crippen molar-refractivity contribution in [3.05, 3.63) is 35.4 Å². The predicted octanol–water partition coefficient (Wildman–Crippen LogP) is 1.80. The Morgan fingerprint density at radius 1 is 1.28 bits per heavy atom. The van der Waals surface area contributed by atoms with Crippen molar-refractivity contribution < 1.29 is 14.2 Å². The summed E-state index contributed by atoms with van der Waals surface area (Å²) in [7, 11) is 1.87. The minimum atomic E-state index is 0.152. The Labute approximate surface area is 147 Å². The summed E-state index contributed by atoms with van der Waals surface area (Å²) in [4.78, 5) is 2.67. The fourth-order valence-electron chi connectivity index (χ4n) is 6.30. The van der Waals surface area contributed by atoms with Crippen molar-refractivity contribution in [1.82, 2.24) is 10.2 Å². The first-order valence-electron chi connectivity index (χ1n) is 9.41. The maximum Gasteiger partial charge on any atom is 0.231 e. The molecule has 5 nitrogen and oxygen atoms in total. The third-order valence-corrected chi connectivity index (χ3v) is 7.26.